The molecule has 0 aliphatic carbocycles. The van der Waals surface area contributed by atoms with Gasteiger partial charge in [-0.3, -0.25) is 0 Å². The van der Waals surface area contributed by atoms with Crippen LogP contribution in [-0.4, -0.2) is 0 Å². The zero-order chi connectivity index (χ0) is 22.5. The van der Waals surface area contributed by atoms with Gasteiger partial charge in [-0.15, -0.1) is 0 Å². The maximum atomic E-state index is 6.51. The molecule has 0 N–H and O–H groups in total. The Bertz CT molecular complexity index is 1260. The van der Waals surface area contributed by atoms with Crippen molar-refractivity contribution in [1.29, 1.82) is 0 Å². The Morgan fingerprint density at radius 3 is 1.06 bits per heavy atom. The Labute approximate surface area is 201 Å². The van der Waals surface area contributed by atoms with Crippen LogP contribution in [0.15, 0.2) is 146 Å². The molecule has 160 valence electrons. The molecule has 0 amide bonds. The second-order valence-corrected chi connectivity index (χ2v) is 12.5. The lowest BCUT2D eigenvalue weighted by atomic mass is 9.85. The summed E-state index contributed by atoms with van der Waals surface area (Å²) in [7, 11) is 0. The van der Waals surface area contributed by atoms with E-state index in [1.54, 1.807) is 0 Å². The highest BCUT2D eigenvalue weighted by Gasteiger charge is 2.25. The SMILES string of the molecule is S=P(c1ccccc1)(c1ccccc1)c1ccc(C(c2ccccc2)c2ccccc2)cc1. The molecular formula is C31H25PS. The quantitative estimate of drug-likeness (QED) is 0.203. The van der Waals surface area contributed by atoms with Gasteiger partial charge in [-0.1, -0.05) is 157 Å². The van der Waals surface area contributed by atoms with Crippen LogP contribution in [0.1, 0.15) is 22.6 Å². The first kappa shape index (κ1) is 21.6. The molecule has 5 aromatic carbocycles. The minimum atomic E-state index is -2.14. The molecule has 0 aliphatic heterocycles. The molecule has 0 radical (unpaired) electrons. The smallest absolute Gasteiger partial charge is 0.0379 e. The lowest BCUT2D eigenvalue weighted by Gasteiger charge is -2.25. The lowest BCUT2D eigenvalue weighted by Crippen LogP contribution is -2.24. The van der Waals surface area contributed by atoms with Crippen LogP contribution in [0.25, 0.3) is 0 Å². The third-order valence-corrected chi connectivity index (χ3v) is 11.1. The van der Waals surface area contributed by atoms with Crippen LogP contribution in [-0.2, 0) is 11.8 Å². The highest BCUT2D eigenvalue weighted by Crippen LogP contribution is 2.43. The molecule has 0 heterocycles. The third-order valence-electron chi connectivity index (χ3n) is 6.10. The number of rotatable bonds is 6. The van der Waals surface area contributed by atoms with E-state index in [1.807, 2.05) is 0 Å². The van der Waals surface area contributed by atoms with Crippen molar-refractivity contribution < 1.29 is 0 Å². The topological polar surface area (TPSA) is 0 Å². The zero-order valence-electron chi connectivity index (χ0n) is 18.3. The van der Waals surface area contributed by atoms with Gasteiger partial charge in [0.1, 0.15) is 0 Å². The van der Waals surface area contributed by atoms with Crippen LogP contribution >= 0.6 is 6.04 Å². The second kappa shape index (κ2) is 9.71. The Morgan fingerprint density at radius 2 is 0.667 bits per heavy atom. The molecule has 33 heavy (non-hydrogen) atoms. The third kappa shape index (κ3) is 4.35. The van der Waals surface area contributed by atoms with Crippen LogP contribution in [0, 0.1) is 0 Å². The molecule has 0 nitrogen and oxygen atoms in total. The maximum absolute atomic E-state index is 6.51. The number of hydrogen-bond donors (Lipinski definition) is 0. The van der Waals surface area contributed by atoms with Crippen molar-refractivity contribution in [2.75, 3.05) is 0 Å². The molecule has 0 saturated carbocycles. The first-order chi connectivity index (χ1) is 16.3. The molecule has 0 aliphatic rings. The van der Waals surface area contributed by atoms with E-state index in [0.717, 1.165) is 0 Å². The van der Waals surface area contributed by atoms with Gasteiger partial charge >= 0.3 is 0 Å². The molecule has 0 spiro atoms. The predicted molar refractivity (Wildman–Crippen MR) is 146 cm³/mol. The number of hydrogen-bond acceptors (Lipinski definition) is 1. The monoisotopic (exact) mass is 460 g/mol. The van der Waals surface area contributed by atoms with Crippen LogP contribution in [0.3, 0.4) is 0 Å². The van der Waals surface area contributed by atoms with Crippen molar-refractivity contribution in [2.24, 2.45) is 0 Å². The first-order valence-corrected chi connectivity index (χ1v) is 14.0. The van der Waals surface area contributed by atoms with E-state index in [4.69, 9.17) is 11.8 Å². The summed E-state index contributed by atoms with van der Waals surface area (Å²) in [5.41, 5.74) is 3.86. The molecular weight excluding hydrogens is 435 g/mol. The maximum Gasteiger partial charge on any atom is 0.0379 e. The largest absolute Gasteiger partial charge is 0.0826 e. The molecule has 0 unspecified atom stereocenters. The standard InChI is InChI=1S/C31H25PS/c33-32(28-17-9-3-10-18-28,29-19-11-4-12-20-29)30-23-21-27(22-24-30)31(25-13-5-1-6-14-25)26-15-7-2-8-16-26/h1-24,31H. The van der Waals surface area contributed by atoms with E-state index in [1.165, 1.54) is 32.6 Å². The summed E-state index contributed by atoms with van der Waals surface area (Å²) >= 11 is 6.51. The summed E-state index contributed by atoms with van der Waals surface area (Å²) in [6, 6.07) is 49.6. The molecule has 0 bridgehead atoms. The summed E-state index contributed by atoms with van der Waals surface area (Å²) in [6.45, 7) is 0. The van der Waals surface area contributed by atoms with Gasteiger partial charge in [0.05, 0.1) is 0 Å². The van der Waals surface area contributed by atoms with E-state index in [0.29, 0.717) is 0 Å². The summed E-state index contributed by atoms with van der Waals surface area (Å²) < 4.78 is 0. The van der Waals surface area contributed by atoms with Crippen molar-refractivity contribution in [2.45, 2.75) is 5.92 Å². The van der Waals surface area contributed by atoms with E-state index in [9.17, 15) is 0 Å². The highest BCUT2D eigenvalue weighted by atomic mass is 32.4. The van der Waals surface area contributed by atoms with Gasteiger partial charge in [0.2, 0.25) is 0 Å². The van der Waals surface area contributed by atoms with E-state index >= 15 is 0 Å². The zero-order valence-corrected chi connectivity index (χ0v) is 20.0. The molecule has 2 heteroatoms. The summed E-state index contributed by atoms with van der Waals surface area (Å²) in [4.78, 5) is 0. The van der Waals surface area contributed by atoms with Crippen LogP contribution in [0.5, 0.6) is 0 Å². The molecule has 0 aromatic heterocycles. The molecule has 5 rings (SSSR count). The fraction of sp³-hybridized carbons (Fsp3) is 0.0323. The van der Waals surface area contributed by atoms with Crippen molar-refractivity contribution >= 4 is 33.8 Å². The highest BCUT2D eigenvalue weighted by molar-refractivity contribution is 8.25. The van der Waals surface area contributed by atoms with Crippen molar-refractivity contribution in [1.82, 2.24) is 0 Å². The summed E-state index contributed by atoms with van der Waals surface area (Å²) in [6.07, 6.45) is 0. The minimum Gasteiger partial charge on any atom is -0.0826 e. The van der Waals surface area contributed by atoms with Crippen molar-refractivity contribution in [3.63, 3.8) is 0 Å². The normalized spacial score (nSPS) is 11.4. The van der Waals surface area contributed by atoms with E-state index in [-0.39, 0.29) is 5.92 Å². The van der Waals surface area contributed by atoms with Gasteiger partial charge < -0.3 is 0 Å². The average Bonchev–Trinajstić information content (AvgIpc) is 2.91. The molecule has 0 saturated heterocycles. The summed E-state index contributed by atoms with van der Waals surface area (Å²) in [5, 5.41) is 3.67. The van der Waals surface area contributed by atoms with Crippen molar-refractivity contribution in [3.05, 3.63) is 162 Å². The second-order valence-electron chi connectivity index (χ2n) is 8.13. The van der Waals surface area contributed by atoms with E-state index < -0.39 is 6.04 Å². The molecule has 0 atom stereocenters. The Hall–Kier alpha value is -3.25. The van der Waals surface area contributed by atoms with Crippen LogP contribution < -0.4 is 15.9 Å². The number of benzene rings is 5. The van der Waals surface area contributed by atoms with Gasteiger partial charge in [-0.25, -0.2) is 0 Å². The van der Waals surface area contributed by atoms with Gasteiger partial charge in [-0.05, 0) is 32.6 Å². The summed E-state index contributed by atoms with van der Waals surface area (Å²) in [5.74, 6) is 0.188. The fourth-order valence-electron chi connectivity index (χ4n) is 4.47. The Balaban J connectivity index is 1.62. The van der Waals surface area contributed by atoms with E-state index in [2.05, 4.69) is 146 Å². The average molecular weight is 461 g/mol. The Morgan fingerprint density at radius 1 is 0.364 bits per heavy atom. The first-order valence-electron chi connectivity index (χ1n) is 11.2. The van der Waals surface area contributed by atoms with Gasteiger partial charge in [0.15, 0.2) is 0 Å². The van der Waals surface area contributed by atoms with Gasteiger partial charge in [0.25, 0.3) is 0 Å². The molecule has 0 fully saturated rings. The van der Waals surface area contributed by atoms with Gasteiger partial charge in [-0.2, -0.15) is 0 Å². The van der Waals surface area contributed by atoms with Crippen LogP contribution in [0.2, 0.25) is 0 Å². The van der Waals surface area contributed by atoms with Gasteiger partial charge in [0, 0.05) is 12.0 Å². The molecule has 5 aromatic rings. The predicted octanol–water partition coefficient (Wildman–Crippen LogP) is 6.62. The minimum absolute atomic E-state index is 0.188. The fourth-order valence-corrected chi connectivity index (χ4v) is 8.21. The van der Waals surface area contributed by atoms with Crippen molar-refractivity contribution in [3.8, 4) is 0 Å². The lowest BCUT2D eigenvalue weighted by molar-refractivity contribution is 0.978. The van der Waals surface area contributed by atoms with Crippen LogP contribution in [0.4, 0.5) is 0 Å². The Kier molecular flexibility index (Phi) is 6.35.